The van der Waals surface area contributed by atoms with Crippen molar-refractivity contribution in [3.63, 3.8) is 0 Å². The minimum absolute atomic E-state index is 0.119. The Bertz CT molecular complexity index is 586. The van der Waals surface area contributed by atoms with Gasteiger partial charge in [0, 0.05) is 12.3 Å². The van der Waals surface area contributed by atoms with E-state index in [-0.39, 0.29) is 24.2 Å². The summed E-state index contributed by atoms with van der Waals surface area (Å²) in [7, 11) is 0. The number of likely N-dealkylation sites (tertiary alicyclic amines) is 1. The van der Waals surface area contributed by atoms with Crippen molar-refractivity contribution < 1.29 is 19.6 Å². The van der Waals surface area contributed by atoms with Gasteiger partial charge in [-0.25, -0.2) is 5.48 Å². The number of carbonyl (C=O) groups excluding carboxylic acids is 3. The number of hydrogen-bond acceptors (Lipinski definition) is 4. The molecule has 3 amide bonds. The van der Waals surface area contributed by atoms with E-state index in [4.69, 9.17) is 5.21 Å². The Morgan fingerprint density at radius 2 is 1.96 bits per heavy atom. The van der Waals surface area contributed by atoms with Crippen LogP contribution in [-0.2, 0) is 20.8 Å². The monoisotopic (exact) mass is 318 g/mol. The van der Waals surface area contributed by atoms with Crippen molar-refractivity contribution in [1.82, 2.24) is 10.4 Å². The predicted octanol–water partition coefficient (Wildman–Crippen LogP) is 1.52. The van der Waals surface area contributed by atoms with Crippen LogP contribution < -0.4 is 5.48 Å². The van der Waals surface area contributed by atoms with E-state index >= 15 is 0 Å². The highest BCUT2D eigenvalue weighted by atomic mass is 16.5. The van der Waals surface area contributed by atoms with E-state index in [1.54, 1.807) is 19.3 Å². The Kier molecular flexibility index (Phi) is 5.50. The number of benzene rings is 1. The SMILES string of the molecule is CC(C)[C@H](C(=O)NO)N1C(=O)C[C@@H](CCc2ccccc2)C1=O. The molecule has 1 heterocycles. The van der Waals surface area contributed by atoms with Crippen LogP contribution in [0.4, 0.5) is 0 Å². The van der Waals surface area contributed by atoms with Crippen LogP contribution in [0.15, 0.2) is 30.3 Å². The molecule has 23 heavy (non-hydrogen) atoms. The molecule has 0 aliphatic carbocycles. The first-order valence-corrected chi connectivity index (χ1v) is 7.79. The summed E-state index contributed by atoms with van der Waals surface area (Å²) in [6.45, 7) is 3.47. The molecule has 0 spiro atoms. The number of hydrogen-bond donors (Lipinski definition) is 2. The van der Waals surface area contributed by atoms with E-state index in [1.807, 2.05) is 30.3 Å². The van der Waals surface area contributed by atoms with Gasteiger partial charge in [-0.05, 0) is 24.3 Å². The number of hydroxylamine groups is 1. The van der Waals surface area contributed by atoms with Crippen LogP contribution in [0.5, 0.6) is 0 Å². The Morgan fingerprint density at radius 3 is 2.52 bits per heavy atom. The van der Waals surface area contributed by atoms with E-state index in [0.717, 1.165) is 10.5 Å². The van der Waals surface area contributed by atoms with Gasteiger partial charge in [0.2, 0.25) is 11.8 Å². The highest BCUT2D eigenvalue weighted by Crippen LogP contribution is 2.28. The van der Waals surface area contributed by atoms with Gasteiger partial charge in [-0.15, -0.1) is 0 Å². The molecule has 1 aliphatic rings. The van der Waals surface area contributed by atoms with Crippen LogP contribution in [0.3, 0.4) is 0 Å². The second-order valence-corrected chi connectivity index (χ2v) is 6.19. The fraction of sp³-hybridized carbons (Fsp3) is 0.471. The van der Waals surface area contributed by atoms with Gasteiger partial charge in [0.1, 0.15) is 6.04 Å². The zero-order chi connectivity index (χ0) is 17.0. The van der Waals surface area contributed by atoms with Crippen molar-refractivity contribution in [2.75, 3.05) is 0 Å². The predicted molar refractivity (Wildman–Crippen MR) is 83.3 cm³/mol. The van der Waals surface area contributed by atoms with Crippen LogP contribution in [-0.4, -0.2) is 33.9 Å². The van der Waals surface area contributed by atoms with Crippen molar-refractivity contribution in [3.8, 4) is 0 Å². The summed E-state index contributed by atoms with van der Waals surface area (Å²) in [5.74, 6) is -2.09. The molecule has 1 aliphatic heterocycles. The summed E-state index contributed by atoms with van der Waals surface area (Å²) in [6, 6.07) is 8.79. The lowest BCUT2D eigenvalue weighted by molar-refractivity contribution is -0.152. The summed E-state index contributed by atoms with van der Waals surface area (Å²) >= 11 is 0. The third kappa shape index (κ3) is 3.76. The number of nitrogens with one attached hydrogen (secondary N) is 1. The summed E-state index contributed by atoms with van der Waals surface area (Å²) in [5, 5.41) is 8.86. The molecule has 6 heteroatoms. The van der Waals surface area contributed by atoms with Crippen molar-refractivity contribution >= 4 is 17.7 Å². The van der Waals surface area contributed by atoms with Crippen LogP contribution >= 0.6 is 0 Å². The van der Waals surface area contributed by atoms with Crippen molar-refractivity contribution in [1.29, 1.82) is 0 Å². The smallest absolute Gasteiger partial charge is 0.266 e. The first-order valence-electron chi connectivity index (χ1n) is 7.79. The second-order valence-electron chi connectivity index (χ2n) is 6.19. The van der Waals surface area contributed by atoms with Gasteiger partial charge in [0.15, 0.2) is 0 Å². The molecule has 124 valence electrons. The zero-order valence-corrected chi connectivity index (χ0v) is 13.4. The van der Waals surface area contributed by atoms with Gasteiger partial charge < -0.3 is 0 Å². The quantitative estimate of drug-likeness (QED) is 0.473. The van der Waals surface area contributed by atoms with Gasteiger partial charge in [0.05, 0.1) is 0 Å². The number of carbonyl (C=O) groups is 3. The lowest BCUT2D eigenvalue weighted by atomic mass is 9.97. The van der Waals surface area contributed by atoms with Crippen molar-refractivity contribution in [3.05, 3.63) is 35.9 Å². The van der Waals surface area contributed by atoms with E-state index in [1.165, 1.54) is 0 Å². The molecule has 0 unspecified atom stereocenters. The Balaban J connectivity index is 2.08. The molecule has 1 aromatic rings. The van der Waals surface area contributed by atoms with E-state index in [9.17, 15) is 14.4 Å². The highest BCUT2D eigenvalue weighted by molar-refractivity contribution is 6.06. The van der Waals surface area contributed by atoms with Gasteiger partial charge in [-0.2, -0.15) is 0 Å². The molecule has 1 fully saturated rings. The number of nitrogens with zero attached hydrogens (tertiary/aromatic N) is 1. The summed E-state index contributed by atoms with van der Waals surface area (Å²) < 4.78 is 0. The molecule has 2 atom stereocenters. The van der Waals surface area contributed by atoms with E-state index < -0.39 is 17.9 Å². The Labute approximate surface area is 135 Å². The fourth-order valence-corrected chi connectivity index (χ4v) is 3.00. The van der Waals surface area contributed by atoms with E-state index in [2.05, 4.69) is 0 Å². The molecule has 1 saturated heterocycles. The fourth-order valence-electron chi connectivity index (χ4n) is 3.00. The van der Waals surface area contributed by atoms with Crippen LogP contribution in [0.25, 0.3) is 0 Å². The average molecular weight is 318 g/mol. The maximum absolute atomic E-state index is 12.5. The lowest BCUT2D eigenvalue weighted by Crippen LogP contribution is -2.51. The number of amides is 3. The minimum atomic E-state index is -0.971. The molecule has 2 N–H and O–H groups in total. The maximum Gasteiger partial charge on any atom is 0.266 e. The van der Waals surface area contributed by atoms with Gasteiger partial charge in [-0.1, -0.05) is 44.2 Å². The molecule has 0 saturated carbocycles. The van der Waals surface area contributed by atoms with Crippen molar-refractivity contribution in [2.24, 2.45) is 11.8 Å². The van der Waals surface area contributed by atoms with Gasteiger partial charge in [0.25, 0.3) is 5.91 Å². The van der Waals surface area contributed by atoms with Crippen LogP contribution in [0.1, 0.15) is 32.3 Å². The molecule has 6 nitrogen and oxygen atoms in total. The van der Waals surface area contributed by atoms with Crippen LogP contribution in [0.2, 0.25) is 0 Å². The molecule has 0 radical (unpaired) electrons. The van der Waals surface area contributed by atoms with Gasteiger partial charge >= 0.3 is 0 Å². The summed E-state index contributed by atoms with van der Waals surface area (Å²) in [4.78, 5) is 37.6. The van der Waals surface area contributed by atoms with Gasteiger partial charge in [-0.3, -0.25) is 24.5 Å². The third-order valence-electron chi connectivity index (χ3n) is 4.19. The molecule has 0 aromatic heterocycles. The average Bonchev–Trinajstić information content (AvgIpc) is 2.81. The molecule has 0 bridgehead atoms. The molecule has 1 aromatic carbocycles. The summed E-state index contributed by atoms with van der Waals surface area (Å²) in [5.41, 5.74) is 2.66. The second kappa shape index (κ2) is 7.37. The Hall–Kier alpha value is -2.21. The Morgan fingerprint density at radius 1 is 1.30 bits per heavy atom. The minimum Gasteiger partial charge on any atom is -0.289 e. The number of aryl methyl sites for hydroxylation is 1. The number of imide groups is 1. The number of rotatable bonds is 6. The lowest BCUT2D eigenvalue weighted by Gasteiger charge is -2.27. The van der Waals surface area contributed by atoms with E-state index in [0.29, 0.717) is 12.8 Å². The first kappa shape index (κ1) is 17.1. The van der Waals surface area contributed by atoms with Crippen LogP contribution in [0, 0.1) is 11.8 Å². The molecular weight excluding hydrogens is 296 g/mol. The third-order valence-corrected chi connectivity index (χ3v) is 4.19. The molecule has 2 rings (SSSR count). The zero-order valence-electron chi connectivity index (χ0n) is 13.4. The first-order chi connectivity index (χ1) is 11.0. The standard InChI is InChI=1S/C17H22N2O4/c1-11(2)15(16(21)18-23)19-14(20)10-13(17(19)22)9-8-12-6-4-3-5-7-12/h3-7,11,13,15,23H,8-10H2,1-2H3,(H,18,21)/t13-,15-/m1/s1. The summed E-state index contributed by atoms with van der Waals surface area (Å²) in [6.07, 6.45) is 1.39. The largest absolute Gasteiger partial charge is 0.289 e. The van der Waals surface area contributed by atoms with Crippen molar-refractivity contribution in [2.45, 2.75) is 39.2 Å². The maximum atomic E-state index is 12.5. The molecular formula is C17H22N2O4. The normalized spacial score (nSPS) is 19.3. The topological polar surface area (TPSA) is 86.7 Å². The highest BCUT2D eigenvalue weighted by Gasteiger charge is 2.45.